The van der Waals surface area contributed by atoms with Gasteiger partial charge < -0.3 is 14.5 Å². The van der Waals surface area contributed by atoms with Gasteiger partial charge in [-0.25, -0.2) is 9.78 Å². The van der Waals surface area contributed by atoms with Crippen molar-refractivity contribution >= 4 is 17.7 Å². The van der Waals surface area contributed by atoms with Gasteiger partial charge in [-0.2, -0.15) is 11.8 Å². The Hall–Kier alpha value is -1.79. The highest BCUT2D eigenvalue weighted by molar-refractivity contribution is 7.99. The van der Waals surface area contributed by atoms with Crippen LogP contribution < -0.4 is 5.32 Å². The molecule has 2 heterocycles. The van der Waals surface area contributed by atoms with Gasteiger partial charge in [-0.15, -0.1) is 0 Å². The molecule has 0 spiro atoms. The highest BCUT2D eigenvalue weighted by Crippen LogP contribution is 2.28. The summed E-state index contributed by atoms with van der Waals surface area (Å²) in [6.45, 7) is 4.16. The van der Waals surface area contributed by atoms with Crippen LogP contribution in [0.1, 0.15) is 34.7 Å². The van der Waals surface area contributed by atoms with E-state index in [0.29, 0.717) is 16.7 Å². The fraction of sp³-hybridized carbons (Fsp3) is 0.444. The molecule has 1 aromatic carbocycles. The van der Waals surface area contributed by atoms with Gasteiger partial charge in [0.2, 0.25) is 5.89 Å². The number of rotatable bonds is 5. The number of esters is 1. The minimum Gasteiger partial charge on any atom is -0.465 e. The highest BCUT2D eigenvalue weighted by atomic mass is 32.2. The summed E-state index contributed by atoms with van der Waals surface area (Å²) in [6, 6.07) is 7.12. The van der Waals surface area contributed by atoms with Crippen LogP contribution in [0.2, 0.25) is 0 Å². The van der Waals surface area contributed by atoms with Gasteiger partial charge in [0.1, 0.15) is 5.76 Å². The zero-order chi connectivity index (χ0) is 16.9. The Morgan fingerprint density at radius 1 is 1.33 bits per heavy atom. The number of benzene rings is 1. The topological polar surface area (TPSA) is 64.4 Å². The summed E-state index contributed by atoms with van der Waals surface area (Å²) in [7, 11) is 1.38. The van der Waals surface area contributed by atoms with Crippen molar-refractivity contribution in [3.8, 4) is 11.5 Å². The molecule has 1 N–H and O–H groups in total. The fourth-order valence-electron chi connectivity index (χ4n) is 2.71. The third kappa shape index (κ3) is 3.99. The van der Waals surface area contributed by atoms with Gasteiger partial charge in [0, 0.05) is 16.6 Å². The predicted molar refractivity (Wildman–Crippen MR) is 95.2 cm³/mol. The van der Waals surface area contributed by atoms with E-state index in [4.69, 9.17) is 9.15 Å². The number of ether oxygens (including phenoxy) is 1. The SMILES string of the molecule is COC(=O)c1ccc(-c2nc(CSC3CCNCC3)c(C)o2)cc1. The van der Waals surface area contributed by atoms with Crippen molar-refractivity contribution in [1.82, 2.24) is 10.3 Å². The Balaban J connectivity index is 1.67. The third-order valence-electron chi connectivity index (χ3n) is 4.19. The normalized spacial score (nSPS) is 15.4. The van der Waals surface area contributed by atoms with Gasteiger partial charge in [0.05, 0.1) is 18.4 Å². The summed E-state index contributed by atoms with van der Waals surface area (Å²) in [5.74, 6) is 2.00. The summed E-state index contributed by atoms with van der Waals surface area (Å²) in [5, 5.41) is 4.09. The number of nitrogens with one attached hydrogen (secondary N) is 1. The van der Waals surface area contributed by atoms with E-state index < -0.39 is 0 Å². The monoisotopic (exact) mass is 346 g/mol. The average molecular weight is 346 g/mol. The van der Waals surface area contributed by atoms with Crippen LogP contribution >= 0.6 is 11.8 Å². The Bertz CT molecular complexity index is 691. The molecule has 0 saturated carbocycles. The number of thioether (sulfide) groups is 1. The lowest BCUT2D eigenvalue weighted by Crippen LogP contribution is -2.29. The Morgan fingerprint density at radius 3 is 2.71 bits per heavy atom. The molecule has 2 aromatic rings. The first-order valence-corrected chi connectivity index (χ1v) is 9.19. The average Bonchev–Trinajstić information content (AvgIpc) is 3.01. The lowest BCUT2D eigenvalue weighted by molar-refractivity contribution is 0.0600. The summed E-state index contributed by atoms with van der Waals surface area (Å²) in [4.78, 5) is 16.1. The molecule has 1 aliphatic heterocycles. The second-order valence-electron chi connectivity index (χ2n) is 5.85. The minimum absolute atomic E-state index is 0.343. The van der Waals surface area contributed by atoms with Crippen molar-refractivity contribution in [3.05, 3.63) is 41.3 Å². The first kappa shape index (κ1) is 17.0. The van der Waals surface area contributed by atoms with Crippen LogP contribution in [0.5, 0.6) is 0 Å². The van der Waals surface area contributed by atoms with Crippen molar-refractivity contribution in [1.29, 1.82) is 0 Å². The van der Waals surface area contributed by atoms with E-state index >= 15 is 0 Å². The standard InChI is InChI=1S/C18H22N2O3S/c1-12-16(11-24-15-7-9-19-10-8-15)20-17(23-12)13-3-5-14(6-4-13)18(21)22-2/h3-6,15,19H,7-11H2,1-2H3. The number of aryl methyl sites for hydroxylation is 1. The molecule has 0 unspecified atom stereocenters. The Kier molecular flexibility index (Phi) is 5.58. The first-order valence-electron chi connectivity index (χ1n) is 8.14. The third-order valence-corrected chi connectivity index (χ3v) is 5.57. The summed E-state index contributed by atoms with van der Waals surface area (Å²) in [5.41, 5.74) is 2.39. The first-order chi connectivity index (χ1) is 11.7. The molecule has 0 atom stereocenters. The second-order valence-corrected chi connectivity index (χ2v) is 7.14. The molecular formula is C18H22N2O3S. The van der Waals surface area contributed by atoms with Crippen molar-refractivity contribution in [2.45, 2.75) is 30.8 Å². The highest BCUT2D eigenvalue weighted by Gasteiger charge is 2.17. The summed E-state index contributed by atoms with van der Waals surface area (Å²) < 4.78 is 10.5. The Labute approximate surface area is 146 Å². The molecule has 1 fully saturated rings. The van der Waals surface area contributed by atoms with Crippen LogP contribution in [0.25, 0.3) is 11.5 Å². The molecule has 0 aliphatic carbocycles. The maximum atomic E-state index is 11.5. The molecule has 0 bridgehead atoms. The van der Waals surface area contributed by atoms with Crippen LogP contribution in [0.15, 0.2) is 28.7 Å². The number of piperidine rings is 1. The lowest BCUT2D eigenvalue weighted by Gasteiger charge is -2.21. The van der Waals surface area contributed by atoms with Gasteiger partial charge in [0.25, 0.3) is 0 Å². The van der Waals surface area contributed by atoms with Gasteiger partial charge in [-0.05, 0) is 57.1 Å². The van der Waals surface area contributed by atoms with Crippen molar-refractivity contribution in [3.63, 3.8) is 0 Å². The summed E-state index contributed by atoms with van der Waals surface area (Å²) in [6.07, 6.45) is 2.42. The maximum Gasteiger partial charge on any atom is 0.337 e. The van der Waals surface area contributed by atoms with Crippen molar-refractivity contribution in [2.24, 2.45) is 0 Å². The van der Waals surface area contributed by atoms with Crippen LogP contribution in [-0.4, -0.2) is 36.4 Å². The number of oxazole rings is 1. The molecule has 1 saturated heterocycles. The number of aromatic nitrogens is 1. The van der Waals surface area contributed by atoms with E-state index in [9.17, 15) is 4.79 Å². The number of nitrogens with zero attached hydrogens (tertiary/aromatic N) is 1. The van der Waals surface area contributed by atoms with Crippen LogP contribution in [0.4, 0.5) is 0 Å². The second kappa shape index (κ2) is 7.85. The molecule has 0 amide bonds. The molecular weight excluding hydrogens is 324 g/mol. The maximum absolute atomic E-state index is 11.5. The number of carbonyl (C=O) groups is 1. The van der Waals surface area contributed by atoms with Crippen LogP contribution in [0, 0.1) is 6.92 Å². The molecule has 3 rings (SSSR count). The predicted octanol–water partition coefficient (Wildman–Crippen LogP) is 3.42. The number of carbonyl (C=O) groups excluding carboxylic acids is 1. The van der Waals surface area contributed by atoms with Crippen molar-refractivity contribution < 1.29 is 13.9 Å². The van der Waals surface area contributed by atoms with E-state index in [1.807, 2.05) is 30.8 Å². The van der Waals surface area contributed by atoms with E-state index in [-0.39, 0.29) is 5.97 Å². The molecule has 1 aliphatic rings. The number of methoxy groups -OCH3 is 1. The quantitative estimate of drug-likeness (QED) is 0.837. The van der Waals surface area contributed by atoms with Crippen molar-refractivity contribution in [2.75, 3.05) is 20.2 Å². The number of hydrogen-bond donors (Lipinski definition) is 1. The Morgan fingerprint density at radius 2 is 2.04 bits per heavy atom. The van der Waals surface area contributed by atoms with Gasteiger partial charge in [-0.1, -0.05) is 0 Å². The van der Waals surface area contributed by atoms with Gasteiger partial charge in [-0.3, -0.25) is 0 Å². The summed E-state index contributed by atoms with van der Waals surface area (Å²) >= 11 is 1.96. The van der Waals surface area contributed by atoms with Crippen LogP contribution in [-0.2, 0) is 10.5 Å². The zero-order valence-corrected chi connectivity index (χ0v) is 14.8. The number of hydrogen-bond acceptors (Lipinski definition) is 6. The molecule has 0 radical (unpaired) electrons. The molecule has 6 heteroatoms. The minimum atomic E-state index is -0.343. The lowest BCUT2D eigenvalue weighted by atomic mass is 10.1. The fourth-order valence-corrected chi connectivity index (χ4v) is 3.94. The molecule has 24 heavy (non-hydrogen) atoms. The van der Waals surface area contributed by atoms with Crippen LogP contribution in [0.3, 0.4) is 0 Å². The molecule has 1 aromatic heterocycles. The van der Waals surface area contributed by atoms with Gasteiger partial charge >= 0.3 is 5.97 Å². The zero-order valence-electron chi connectivity index (χ0n) is 14.0. The largest absolute Gasteiger partial charge is 0.465 e. The molecule has 128 valence electrons. The van der Waals surface area contributed by atoms with E-state index in [1.54, 1.807) is 12.1 Å². The van der Waals surface area contributed by atoms with E-state index in [2.05, 4.69) is 10.3 Å². The van der Waals surface area contributed by atoms with Gasteiger partial charge in [0.15, 0.2) is 0 Å². The van der Waals surface area contributed by atoms with E-state index in [1.165, 1.54) is 20.0 Å². The molecule has 5 nitrogen and oxygen atoms in total. The van der Waals surface area contributed by atoms with E-state index in [0.717, 1.165) is 35.9 Å². The smallest absolute Gasteiger partial charge is 0.337 e.